The quantitative estimate of drug-likeness (QED) is 0.167. The van der Waals surface area contributed by atoms with E-state index in [1.165, 1.54) is 47.8 Å². The fourth-order valence-electron chi connectivity index (χ4n) is 10.9. The topological polar surface area (TPSA) is 56.7 Å². The number of benzene rings is 11. The van der Waals surface area contributed by atoms with Crippen LogP contribution >= 0.6 is 11.3 Å². The van der Waals surface area contributed by atoms with Gasteiger partial charge in [0.1, 0.15) is 11.2 Å². The van der Waals surface area contributed by atoms with Gasteiger partial charge in [0.2, 0.25) is 0 Å². The van der Waals surface area contributed by atoms with E-state index in [1.807, 2.05) is 24.3 Å². The van der Waals surface area contributed by atoms with Crippen LogP contribution in [0.25, 0.3) is 148 Å². The lowest BCUT2D eigenvalue weighted by Crippen LogP contribution is -2.00. The molecule has 0 aliphatic rings. The molecule has 15 aromatic rings. The van der Waals surface area contributed by atoms with Gasteiger partial charge < -0.3 is 8.98 Å². The highest BCUT2D eigenvalue weighted by atomic mass is 32.1. The summed E-state index contributed by atoms with van der Waals surface area (Å²) in [5.41, 5.74) is 12.1. The molecular weight excluding hydrogens is 885 g/mol. The molecule has 0 saturated carbocycles. The zero-order valence-corrected chi connectivity index (χ0v) is 38.9. The number of aromatic nitrogens is 4. The molecule has 0 N–H and O–H groups in total. The predicted octanol–water partition coefficient (Wildman–Crippen LogP) is 17.9. The summed E-state index contributed by atoms with van der Waals surface area (Å²) in [6, 6.07) is 82.3. The number of hydrogen-bond acceptors (Lipinski definition) is 5. The summed E-state index contributed by atoms with van der Waals surface area (Å²) >= 11 is 1.78. The van der Waals surface area contributed by atoms with Crippen LogP contribution in [-0.2, 0) is 0 Å². The van der Waals surface area contributed by atoms with Crippen LogP contribution in [0, 0.1) is 0 Å². The van der Waals surface area contributed by atoms with Gasteiger partial charge in [0.05, 0.1) is 16.7 Å². The van der Waals surface area contributed by atoms with Gasteiger partial charge in [-0.2, -0.15) is 0 Å². The highest BCUT2D eigenvalue weighted by Gasteiger charge is 2.25. The average Bonchev–Trinajstić information content (AvgIpc) is 4.10. The maximum Gasteiger partial charge on any atom is 0.165 e. The molecule has 0 atom stereocenters. The Morgan fingerprint density at radius 3 is 1.59 bits per heavy atom. The molecule has 4 heterocycles. The Morgan fingerprint density at radius 2 is 0.873 bits per heavy atom. The first-order valence-electron chi connectivity index (χ1n) is 23.9. The third-order valence-electron chi connectivity index (χ3n) is 14.2. The van der Waals surface area contributed by atoms with Crippen molar-refractivity contribution in [3.05, 3.63) is 231 Å². The van der Waals surface area contributed by atoms with Crippen LogP contribution in [0.5, 0.6) is 0 Å². The fraction of sp³-hybridized carbons (Fsp3) is 0. The Labute approximate surface area is 411 Å². The van der Waals surface area contributed by atoms with Crippen molar-refractivity contribution in [1.82, 2.24) is 19.5 Å². The van der Waals surface area contributed by atoms with E-state index >= 15 is 0 Å². The van der Waals surface area contributed by atoms with Crippen LogP contribution in [0.4, 0.5) is 0 Å². The van der Waals surface area contributed by atoms with Crippen LogP contribution in [0.2, 0.25) is 0 Å². The van der Waals surface area contributed by atoms with Gasteiger partial charge in [0.25, 0.3) is 0 Å². The van der Waals surface area contributed by atoms with Crippen molar-refractivity contribution in [3.63, 3.8) is 0 Å². The van der Waals surface area contributed by atoms with E-state index in [1.54, 1.807) is 11.3 Å². The van der Waals surface area contributed by atoms with E-state index in [4.69, 9.17) is 19.4 Å². The van der Waals surface area contributed by atoms with Gasteiger partial charge in [-0.1, -0.05) is 176 Å². The van der Waals surface area contributed by atoms with Crippen LogP contribution in [0.1, 0.15) is 0 Å². The number of thiophene rings is 1. The highest BCUT2D eigenvalue weighted by Crippen LogP contribution is 2.47. The van der Waals surface area contributed by atoms with E-state index in [2.05, 4.69) is 211 Å². The van der Waals surface area contributed by atoms with E-state index in [0.29, 0.717) is 17.5 Å². The number of hydrogen-bond donors (Lipinski definition) is 0. The maximum absolute atomic E-state index is 7.06. The van der Waals surface area contributed by atoms with E-state index in [-0.39, 0.29) is 0 Å². The minimum Gasteiger partial charge on any atom is -0.456 e. The van der Waals surface area contributed by atoms with Gasteiger partial charge in [-0.3, -0.25) is 0 Å². The second kappa shape index (κ2) is 15.7. The van der Waals surface area contributed by atoms with Crippen molar-refractivity contribution in [2.24, 2.45) is 0 Å². The summed E-state index contributed by atoms with van der Waals surface area (Å²) in [5, 5.41) is 11.5. The summed E-state index contributed by atoms with van der Waals surface area (Å²) in [6.45, 7) is 0. The van der Waals surface area contributed by atoms with E-state index in [0.717, 1.165) is 82.3 Å². The summed E-state index contributed by atoms with van der Waals surface area (Å²) in [7, 11) is 0. The molecule has 11 aromatic carbocycles. The molecule has 15 rings (SSSR count). The zero-order valence-electron chi connectivity index (χ0n) is 38.0. The molecule has 0 aliphatic carbocycles. The monoisotopic (exact) mass is 922 g/mol. The lowest BCUT2D eigenvalue weighted by Gasteiger charge is -2.18. The summed E-state index contributed by atoms with van der Waals surface area (Å²) < 4.78 is 11.9. The van der Waals surface area contributed by atoms with Gasteiger partial charge in [0.15, 0.2) is 17.5 Å². The van der Waals surface area contributed by atoms with Crippen molar-refractivity contribution in [2.45, 2.75) is 0 Å². The minimum absolute atomic E-state index is 0.580. The smallest absolute Gasteiger partial charge is 0.165 e. The average molecular weight is 923 g/mol. The fourth-order valence-corrected chi connectivity index (χ4v) is 12.2. The lowest BCUT2D eigenvalue weighted by molar-refractivity contribution is 0.668. The van der Waals surface area contributed by atoms with Gasteiger partial charge in [-0.25, -0.2) is 15.0 Å². The molecule has 330 valence electrons. The first-order chi connectivity index (χ1) is 35.2. The zero-order chi connectivity index (χ0) is 46.6. The van der Waals surface area contributed by atoms with Crippen molar-refractivity contribution < 1.29 is 4.42 Å². The lowest BCUT2D eigenvalue weighted by atomic mass is 9.92. The second-order valence-corrected chi connectivity index (χ2v) is 19.3. The molecule has 0 radical (unpaired) electrons. The summed E-state index contributed by atoms with van der Waals surface area (Å²) in [6.07, 6.45) is 0. The molecule has 0 bridgehead atoms. The molecule has 6 heteroatoms. The molecular formula is C65H38N4OS. The van der Waals surface area contributed by atoms with Crippen LogP contribution in [0.3, 0.4) is 0 Å². The molecule has 0 unspecified atom stereocenters. The second-order valence-electron chi connectivity index (χ2n) is 18.3. The van der Waals surface area contributed by atoms with Gasteiger partial charge in [0, 0.05) is 70.0 Å². The van der Waals surface area contributed by atoms with Gasteiger partial charge in [-0.05, 0) is 86.8 Å². The first-order valence-corrected chi connectivity index (χ1v) is 24.7. The number of rotatable bonds is 6. The van der Waals surface area contributed by atoms with E-state index < -0.39 is 0 Å². The van der Waals surface area contributed by atoms with Crippen LogP contribution < -0.4 is 0 Å². The standard InChI is InChI=1S/C65H38N4OS/c1-3-17-39(18-4-1)45-25-11-12-26-46(45)53-37-54-59(38-57(53)69-55-35-43-23-9-7-21-41(43)33-51(55)52-34-42-22-8-10-24-44(42)36-56(52)69)70-58-31-16-29-49(61(54)58)64-66-63(40-19-5-2-6-20-40)67-65(68-64)50-30-15-28-48-47-27-13-14-32-60(47)71-62(48)50/h1-38H. The third kappa shape index (κ3) is 6.28. The first kappa shape index (κ1) is 39.7. The molecule has 5 nitrogen and oxygen atoms in total. The van der Waals surface area contributed by atoms with Crippen molar-refractivity contribution in [3.8, 4) is 62.1 Å². The molecule has 0 fully saturated rings. The molecule has 4 aromatic heterocycles. The Kier molecular flexibility index (Phi) is 8.76. The Balaban J connectivity index is 1.04. The number of nitrogens with zero attached hydrogens (tertiary/aromatic N) is 4. The molecule has 0 spiro atoms. The number of furan rings is 1. The molecule has 0 aliphatic heterocycles. The Bertz CT molecular complexity index is 4550. The minimum atomic E-state index is 0.580. The molecule has 0 saturated heterocycles. The predicted molar refractivity (Wildman–Crippen MR) is 297 cm³/mol. The number of fused-ring (bicyclic) bond motifs is 11. The van der Waals surface area contributed by atoms with E-state index in [9.17, 15) is 0 Å². The maximum atomic E-state index is 7.06. The molecule has 71 heavy (non-hydrogen) atoms. The van der Waals surface area contributed by atoms with Crippen LogP contribution in [-0.4, -0.2) is 19.5 Å². The normalized spacial score (nSPS) is 11.9. The summed E-state index contributed by atoms with van der Waals surface area (Å²) in [4.78, 5) is 15.9. The van der Waals surface area contributed by atoms with Gasteiger partial charge >= 0.3 is 0 Å². The third-order valence-corrected chi connectivity index (χ3v) is 15.4. The van der Waals surface area contributed by atoms with Crippen molar-refractivity contribution >= 4 is 96.8 Å². The SMILES string of the molecule is c1ccc(-c2nc(-c3cccc4c3sc3ccccc34)nc(-c3cccc4oc5cc(-n6c7cc8ccccc8cc7c7cc8ccccc8cc76)c(-c6ccccc6-c6ccccc6)cc5c34)n2)cc1. The Morgan fingerprint density at radius 1 is 0.338 bits per heavy atom. The van der Waals surface area contributed by atoms with Crippen molar-refractivity contribution in [1.29, 1.82) is 0 Å². The summed E-state index contributed by atoms with van der Waals surface area (Å²) in [5.74, 6) is 1.82. The Hall–Kier alpha value is -9.23. The van der Waals surface area contributed by atoms with Crippen molar-refractivity contribution in [2.75, 3.05) is 0 Å². The van der Waals surface area contributed by atoms with Crippen LogP contribution in [0.15, 0.2) is 235 Å². The molecule has 0 amide bonds. The van der Waals surface area contributed by atoms with Gasteiger partial charge in [-0.15, -0.1) is 11.3 Å². The largest absolute Gasteiger partial charge is 0.456 e. The highest BCUT2D eigenvalue weighted by molar-refractivity contribution is 7.26.